The second-order valence-electron chi connectivity index (χ2n) is 9.53. The molecule has 0 saturated carbocycles. The van der Waals surface area contributed by atoms with Crippen molar-refractivity contribution in [3.05, 3.63) is 135 Å². The highest BCUT2D eigenvalue weighted by atomic mass is 127. The number of ether oxygens (including phenoxy) is 1. The molecule has 0 aromatic heterocycles. The molecule has 2 unspecified atom stereocenters. The molecule has 7 heteroatoms. The molecule has 6 nitrogen and oxygen atoms in total. The summed E-state index contributed by atoms with van der Waals surface area (Å²) < 4.78 is 6.21. The van der Waals surface area contributed by atoms with Crippen molar-refractivity contribution in [2.24, 2.45) is 0 Å². The van der Waals surface area contributed by atoms with Gasteiger partial charge >= 0.3 is 5.97 Å². The molecule has 0 radical (unpaired) electrons. The van der Waals surface area contributed by atoms with Crippen LogP contribution in [-0.2, 0) is 20.9 Å². The summed E-state index contributed by atoms with van der Waals surface area (Å²) in [5.41, 5.74) is 3.33. The highest BCUT2D eigenvalue weighted by molar-refractivity contribution is 14.1. The van der Waals surface area contributed by atoms with E-state index >= 15 is 0 Å². The van der Waals surface area contributed by atoms with Crippen LogP contribution >= 0.6 is 22.6 Å². The van der Waals surface area contributed by atoms with Crippen molar-refractivity contribution >= 4 is 46.1 Å². The van der Waals surface area contributed by atoms with Crippen LogP contribution in [-0.4, -0.2) is 29.3 Å². The van der Waals surface area contributed by atoms with E-state index in [9.17, 15) is 14.4 Å². The van der Waals surface area contributed by atoms with Gasteiger partial charge in [0.05, 0.1) is 36.9 Å². The smallest absolute Gasteiger partial charge is 0.308 e. The van der Waals surface area contributed by atoms with Crippen molar-refractivity contribution in [1.29, 1.82) is 0 Å². The van der Waals surface area contributed by atoms with Crippen molar-refractivity contribution in [2.45, 2.75) is 32.0 Å². The third-order valence-electron chi connectivity index (χ3n) is 6.98. The number of halogens is 1. The van der Waals surface area contributed by atoms with E-state index in [0.29, 0.717) is 23.4 Å². The Kier molecular flexibility index (Phi) is 8.60. The van der Waals surface area contributed by atoms with E-state index in [4.69, 9.17) is 4.74 Å². The van der Waals surface area contributed by atoms with E-state index in [1.165, 1.54) is 0 Å². The Morgan fingerprint density at radius 2 is 1.50 bits per heavy atom. The molecule has 0 bridgehead atoms. The Hall–Kier alpha value is -3.98. The molecule has 40 heavy (non-hydrogen) atoms. The lowest BCUT2D eigenvalue weighted by molar-refractivity contribution is -0.145. The minimum atomic E-state index is -0.970. The first kappa shape index (κ1) is 27.6. The number of hydrogen-bond acceptors (Lipinski definition) is 4. The van der Waals surface area contributed by atoms with Crippen LogP contribution in [0.2, 0.25) is 0 Å². The number of nitrogens with zero attached hydrogens (tertiary/aromatic N) is 2. The Bertz CT molecular complexity index is 1500. The molecule has 0 spiro atoms. The molecule has 2 amide bonds. The van der Waals surface area contributed by atoms with Crippen LogP contribution < -0.4 is 4.90 Å². The van der Waals surface area contributed by atoms with Crippen LogP contribution in [0.4, 0.5) is 5.69 Å². The van der Waals surface area contributed by atoms with Crippen LogP contribution in [0, 0.1) is 3.57 Å². The number of carbonyl (C=O) groups is 3. The minimum Gasteiger partial charge on any atom is -0.466 e. The van der Waals surface area contributed by atoms with Gasteiger partial charge in [-0.05, 0) is 64.4 Å². The number of rotatable bonds is 8. The van der Waals surface area contributed by atoms with E-state index in [0.717, 1.165) is 14.7 Å². The van der Waals surface area contributed by atoms with Crippen LogP contribution in [0.15, 0.2) is 109 Å². The lowest BCUT2D eigenvalue weighted by Gasteiger charge is -2.37. The second-order valence-corrected chi connectivity index (χ2v) is 10.8. The van der Waals surface area contributed by atoms with Crippen LogP contribution in [0.1, 0.15) is 52.5 Å². The van der Waals surface area contributed by atoms with Crippen molar-refractivity contribution in [3.63, 3.8) is 0 Å². The Morgan fingerprint density at radius 1 is 0.875 bits per heavy atom. The topological polar surface area (TPSA) is 66.9 Å². The summed E-state index contributed by atoms with van der Waals surface area (Å²) in [6.07, 6.45) is -0.0852. The SMILES string of the molecule is CCOC(=O)CC(c1ccccc1)N1C(=O)c2cc(I)ccc2N(Cc2ccccc2)C(=O)C1c1ccccc1. The maximum atomic E-state index is 14.7. The third-order valence-corrected chi connectivity index (χ3v) is 7.65. The molecule has 1 aliphatic heterocycles. The van der Waals surface area contributed by atoms with Crippen molar-refractivity contribution in [1.82, 2.24) is 4.90 Å². The monoisotopic (exact) mass is 644 g/mol. The van der Waals surface area contributed by atoms with Gasteiger partial charge in [-0.15, -0.1) is 0 Å². The molecule has 0 fully saturated rings. The zero-order valence-electron chi connectivity index (χ0n) is 22.1. The molecule has 1 aliphatic rings. The fourth-order valence-electron chi connectivity index (χ4n) is 5.18. The van der Waals surface area contributed by atoms with E-state index in [1.807, 2.05) is 109 Å². The van der Waals surface area contributed by atoms with Gasteiger partial charge in [0.2, 0.25) is 0 Å². The molecular weight excluding hydrogens is 615 g/mol. The first-order valence-corrected chi connectivity index (χ1v) is 14.3. The number of esters is 1. The number of hydrogen-bond donors (Lipinski definition) is 0. The van der Waals surface area contributed by atoms with Crippen molar-refractivity contribution in [2.75, 3.05) is 11.5 Å². The summed E-state index contributed by atoms with van der Waals surface area (Å²) in [6.45, 7) is 2.27. The summed E-state index contributed by atoms with van der Waals surface area (Å²) >= 11 is 2.18. The molecule has 0 N–H and O–H groups in total. The summed E-state index contributed by atoms with van der Waals surface area (Å²) in [4.78, 5) is 45.6. The Morgan fingerprint density at radius 3 is 2.15 bits per heavy atom. The van der Waals surface area contributed by atoms with Crippen LogP contribution in [0.5, 0.6) is 0 Å². The third kappa shape index (κ3) is 5.79. The van der Waals surface area contributed by atoms with E-state index < -0.39 is 18.1 Å². The zero-order chi connectivity index (χ0) is 28.1. The van der Waals surface area contributed by atoms with Crippen molar-refractivity contribution in [3.8, 4) is 0 Å². The van der Waals surface area contributed by atoms with E-state index in [-0.39, 0.29) is 24.8 Å². The predicted octanol–water partition coefficient (Wildman–Crippen LogP) is 6.72. The van der Waals surface area contributed by atoms with Gasteiger partial charge in [-0.1, -0.05) is 91.0 Å². The average Bonchev–Trinajstić information content (AvgIpc) is 3.06. The average molecular weight is 645 g/mol. The molecule has 1 heterocycles. The first-order chi connectivity index (χ1) is 19.5. The standard InChI is InChI=1S/C33H29IN2O4/c1-2-40-30(37)21-29(24-14-8-4-9-15-24)36-31(25-16-10-5-11-17-25)33(39)35(22-23-12-6-3-7-13-23)28-19-18-26(34)20-27(28)32(36)38/h3-20,29,31H,2,21-22H2,1H3. The maximum Gasteiger partial charge on any atom is 0.308 e. The minimum absolute atomic E-state index is 0.0852. The summed E-state index contributed by atoms with van der Waals surface area (Å²) in [7, 11) is 0. The maximum absolute atomic E-state index is 14.7. The molecule has 0 saturated heterocycles. The highest BCUT2D eigenvalue weighted by Crippen LogP contribution is 2.42. The highest BCUT2D eigenvalue weighted by Gasteiger charge is 2.44. The lowest BCUT2D eigenvalue weighted by atomic mass is 9.95. The van der Waals surface area contributed by atoms with Gasteiger partial charge in [0.25, 0.3) is 11.8 Å². The van der Waals surface area contributed by atoms with Gasteiger partial charge in [0.15, 0.2) is 0 Å². The van der Waals surface area contributed by atoms with Gasteiger partial charge in [0.1, 0.15) is 6.04 Å². The molecular formula is C33H29IN2O4. The summed E-state index contributed by atoms with van der Waals surface area (Å²) in [6, 6.07) is 32.3. The number of anilines is 1. The predicted molar refractivity (Wildman–Crippen MR) is 163 cm³/mol. The van der Waals surface area contributed by atoms with Gasteiger partial charge in [-0.2, -0.15) is 0 Å². The van der Waals surface area contributed by atoms with Crippen molar-refractivity contribution < 1.29 is 19.1 Å². The lowest BCUT2D eigenvalue weighted by Crippen LogP contribution is -2.44. The fourth-order valence-corrected chi connectivity index (χ4v) is 5.67. The van der Waals surface area contributed by atoms with Gasteiger partial charge < -0.3 is 14.5 Å². The second kappa shape index (κ2) is 12.5. The number of amides is 2. The molecule has 4 aromatic carbocycles. The van der Waals surface area contributed by atoms with Gasteiger partial charge in [-0.3, -0.25) is 14.4 Å². The van der Waals surface area contributed by atoms with Gasteiger partial charge in [0, 0.05) is 3.57 Å². The normalized spacial score (nSPS) is 15.8. The molecule has 202 valence electrons. The van der Waals surface area contributed by atoms with E-state index in [1.54, 1.807) is 16.7 Å². The number of fused-ring (bicyclic) bond motifs is 1. The quantitative estimate of drug-likeness (QED) is 0.158. The number of benzene rings is 4. The van der Waals surface area contributed by atoms with E-state index in [2.05, 4.69) is 22.6 Å². The largest absolute Gasteiger partial charge is 0.466 e. The van der Waals surface area contributed by atoms with Crippen LogP contribution in [0.3, 0.4) is 0 Å². The Balaban J connectivity index is 1.73. The summed E-state index contributed by atoms with van der Waals surface area (Å²) in [5.74, 6) is -0.991. The Labute approximate surface area is 247 Å². The molecule has 5 rings (SSSR count). The fraction of sp³-hybridized carbons (Fsp3) is 0.182. The molecule has 2 atom stereocenters. The summed E-state index contributed by atoms with van der Waals surface area (Å²) in [5, 5.41) is 0. The molecule has 0 aliphatic carbocycles. The zero-order valence-corrected chi connectivity index (χ0v) is 24.2. The van der Waals surface area contributed by atoms with Gasteiger partial charge in [-0.25, -0.2) is 0 Å². The number of carbonyl (C=O) groups excluding carboxylic acids is 3. The van der Waals surface area contributed by atoms with Crippen LogP contribution in [0.25, 0.3) is 0 Å². The first-order valence-electron chi connectivity index (χ1n) is 13.2. The molecule has 4 aromatic rings.